The maximum absolute atomic E-state index is 14.0. The summed E-state index contributed by atoms with van der Waals surface area (Å²) in [4.78, 5) is 38.9. The molecule has 1 saturated heterocycles. The summed E-state index contributed by atoms with van der Waals surface area (Å²) in [5.74, 6) is 0.976. The van der Waals surface area contributed by atoms with E-state index in [1.54, 1.807) is 20.3 Å². The SMILES string of the molecule is COc1ccc(-c2cc(CCCCCC(C(=O)O)C(=O)O)c(/C=C3\SC(=S)N(C4C5CC6CC(C5)CC4C6)C3=O)o2)c(OC)c1. The van der Waals surface area contributed by atoms with Crippen molar-refractivity contribution in [1.29, 1.82) is 0 Å². The van der Waals surface area contributed by atoms with Gasteiger partial charge in [0.2, 0.25) is 0 Å². The van der Waals surface area contributed by atoms with Gasteiger partial charge in [0.05, 0.1) is 24.7 Å². The number of methoxy groups -OCH3 is 2. The van der Waals surface area contributed by atoms with E-state index >= 15 is 0 Å². The number of nitrogens with zero attached hydrogens (tertiary/aromatic N) is 1. The molecule has 11 heteroatoms. The average Bonchev–Trinajstić information content (AvgIpc) is 3.52. The quantitative estimate of drug-likeness (QED) is 0.102. The van der Waals surface area contributed by atoms with Crippen molar-refractivity contribution in [1.82, 2.24) is 4.90 Å². The first kappa shape index (κ1) is 31.7. The molecule has 7 rings (SSSR count). The van der Waals surface area contributed by atoms with Gasteiger partial charge in [0, 0.05) is 18.2 Å². The first-order chi connectivity index (χ1) is 21.7. The average molecular weight is 654 g/mol. The lowest BCUT2D eigenvalue weighted by Crippen LogP contribution is -2.57. The number of hydrogen-bond donors (Lipinski definition) is 2. The highest BCUT2D eigenvalue weighted by atomic mass is 32.2. The van der Waals surface area contributed by atoms with Crippen LogP contribution in [-0.2, 0) is 20.8 Å². The molecule has 1 amide bonds. The number of ether oxygens (including phenoxy) is 2. The van der Waals surface area contributed by atoms with E-state index in [2.05, 4.69) is 0 Å². The van der Waals surface area contributed by atoms with Crippen molar-refractivity contribution in [3.63, 3.8) is 0 Å². The van der Waals surface area contributed by atoms with Crippen molar-refractivity contribution in [2.45, 2.75) is 70.3 Å². The zero-order valence-electron chi connectivity index (χ0n) is 25.5. The molecule has 1 aromatic heterocycles. The minimum atomic E-state index is -1.40. The fourth-order valence-electron chi connectivity index (χ4n) is 8.26. The molecule has 5 aliphatic rings. The molecule has 45 heavy (non-hydrogen) atoms. The number of benzene rings is 1. The molecular formula is C34H39NO8S2. The fraction of sp³-hybridized carbons (Fsp3) is 0.529. The van der Waals surface area contributed by atoms with Crippen molar-refractivity contribution in [2.75, 3.05) is 14.2 Å². The molecule has 240 valence electrons. The summed E-state index contributed by atoms with van der Waals surface area (Å²) in [6.45, 7) is 0. The lowest BCUT2D eigenvalue weighted by molar-refractivity contribution is -0.154. The van der Waals surface area contributed by atoms with Crippen LogP contribution in [0.5, 0.6) is 11.5 Å². The molecule has 4 bridgehead atoms. The minimum Gasteiger partial charge on any atom is -0.497 e. The first-order valence-electron chi connectivity index (χ1n) is 15.7. The number of carbonyl (C=O) groups excluding carboxylic acids is 1. The van der Waals surface area contributed by atoms with Crippen LogP contribution in [0.25, 0.3) is 17.4 Å². The van der Waals surface area contributed by atoms with Gasteiger partial charge >= 0.3 is 11.9 Å². The Bertz CT molecular complexity index is 1490. The molecule has 2 aromatic rings. The Morgan fingerprint density at radius 3 is 2.33 bits per heavy atom. The number of aryl methyl sites for hydroxylation is 1. The molecule has 2 heterocycles. The topological polar surface area (TPSA) is 127 Å². The molecule has 2 N–H and O–H groups in total. The molecule has 0 radical (unpaired) electrons. The maximum Gasteiger partial charge on any atom is 0.317 e. The zero-order chi connectivity index (χ0) is 31.8. The molecule has 4 aliphatic carbocycles. The van der Waals surface area contributed by atoms with E-state index in [9.17, 15) is 24.6 Å². The smallest absolute Gasteiger partial charge is 0.317 e. The fourth-order valence-corrected chi connectivity index (χ4v) is 9.58. The molecule has 5 fully saturated rings. The second kappa shape index (κ2) is 13.2. The number of carboxylic acid groups (broad SMARTS) is 2. The van der Waals surface area contributed by atoms with E-state index in [1.165, 1.54) is 43.9 Å². The van der Waals surface area contributed by atoms with Crippen LogP contribution in [0.15, 0.2) is 33.6 Å². The van der Waals surface area contributed by atoms with Gasteiger partial charge in [-0.05, 0) is 98.8 Å². The van der Waals surface area contributed by atoms with Gasteiger partial charge in [-0.1, -0.05) is 36.8 Å². The molecule has 1 aliphatic heterocycles. The number of rotatable bonds is 13. The third-order valence-corrected chi connectivity index (χ3v) is 11.4. The summed E-state index contributed by atoms with van der Waals surface area (Å²) in [5.41, 5.74) is 1.64. The van der Waals surface area contributed by atoms with E-state index in [-0.39, 0.29) is 18.4 Å². The molecule has 0 unspecified atom stereocenters. The standard InChI is InChI=1S/C34H39NO8S2/c1-41-23-8-9-24(27(16-23)42-2)28-15-20(6-4-3-5-7-25(32(37)38)33(39)40)26(43-28)17-29-31(36)35(34(44)45-29)30-21-11-18-10-19(13-21)14-22(30)12-18/h8-9,15-19,21-22,25,30H,3-7,10-14H2,1-2H3,(H,37,38)(H,39,40)/b29-17-. The predicted octanol–water partition coefficient (Wildman–Crippen LogP) is 6.88. The van der Waals surface area contributed by atoms with Crippen molar-refractivity contribution < 1.29 is 38.5 Å². The Kier molecular flexibility index (Phi) is 9.29. The van der Waals surface area contributed by atoms with Gasteiger partial charge in [-0.25, -0.2) is 0 Å². The summed E-state index contributed by atoms with van der Waals surface area (Å²) >= 11 is 7.17. The van der Waals surface area contributed by atoms with Crippen molar-refractivity contribution in [3.8, 4) is 22.8 Å². The Labute approximate surface area is 272 Å². The Morgan fingerprint density at radius 2 is 1.71 bits per heavy atom. The van der Waals surface area contributed by atoms with E-state index in [4.69, 9.17) is 26.1 Å². The van der Waals surface area contributed by atoms with Gasteiger partial charge in [0.1, 0.15) is 27.3 Å². The largest absolute Gasteiger partial charge is 0.497 e. The van der Waals surface area contributed by atoms with Gasteiger partial charge in [-0.2, -0.15) is 0 Å². The number of thiocarbonyl (C=S) groups is 1. The monoisotopic (exact) mass is 653 g/mol. The summed E-state index contributed by atoms with van der Waals surface area (Å²) in [6.07, 6.45) is 10.4. The zero-order valence-corrected chi connectivity index (χ0v) is 27.2. The highest BCUT2D eigenvalue weighted by Gasteiger charge is 2.53. The number of carboxylic acids is 2. The third-order valence-electron chi connectivity index (χ3n) is 10.1. The maximum atomic E-state index is 14.0. The Morgan fingerprint density at radius 1 is 1.02 bits per heavy atom. The summed E-state index contributed by atoms with van der Waals surface area (Å²) in [6, 6.07) is 7.62. The van der Waals surface area contributed by atoms with Gasteiger partial charge in [-0.15, -0.1) is 0 Å². The molecule has 1 aromatic carbocycles. The van der Waals surface area contributed by atoms with Crippen LogP contribution < -0.4 is 9.47 Å². The number of unbranched alkanes of at least 4 members (excludes halogenated alkanes) is 2. The van der Waals surface area contributed by atoms with Crippen LogP contribution in [0.2, 0.25) is 0 Å². The van der Waals surface area contributed by atoms with Crippen LogP contribution >= 0.6 is 24.0 Å². The summed E-state index contributed by atoms with van der Waals surface area (Å²) in [7, 11) is 3.17. The van der Waals surface area contributed by atoms with Crippen molar-refractivity contribution in [2.24, 2.45) is 29.6 Å². The van der Waals surface area contributed by atoms with Gasteiger partial charge in [0.15, 0.2) is 5.92 Å². The van der Waals surface area contributed by atoms with Crippen molar-refractivity contribution in [3.05, 3.63) is 40.5 Å². The number of carbonyl (C=O) groups is 3. The number of thioether (sulfide) groups is 1. The van der Waals surface area contributed by atoms with Crippen LogP contribution in [0.4, 0.5) is 0 Å². The highest BCUT2D eigenvalue weighted by Crippen LogP contribution is 2.56. The molecular weight excluding hydrogens is 615 g/mol. The van der Waals surface area contributed by atoms with Crippen LogP contribution in [0.3, 0.4) is 0 Å². The molecule has 4 saturated carbocycles. The third kappa shape index (κ3) is 6.38. The van der Waals surface area contributed by atoms with Gasteiger partial charge in [-0.3, -0.25) is 19.3 Å². The first-order valence-corrected chi connectivity index (χ1v) is 17.0. The Balaban J connectivity index is 1.24. The van der Waals surface area contributed by atoms with Gasteiger partial charge < -0.3 is 24.1 Å². The van der Waals surface area contributed by atoms with Crippen molar-refractivity contribution >= 4 is 52.2 Å². The highest BCUT2D eigenvalue weighted by molar-refractivity contribution is 8.26. The van der Waals surface area contributed by atoms with Crippen LogP contribution in [-0.4, -0.2) is 57.5 Å². The number of hydrogen-bond acceptors (Lipinski definition) is 8. The predicted molar refractivity (Wildman–Crippen MR) is 174 cm³/mol. The van der Waals surface area contributed by atoms with E-state index in [0.29, 0.717) is 69.8 Å². The summed E-state index contributed by atoms with van der Waals surface area (Å²) in [5, 5.41) is 18.4. The molecule has 9 nitrogen and oxygen atoms in total. The van der Waals surface area contributed by atoms with Crippen LogP contribution in [0, 0.1) is 29.6 Å². The van der Waals surface area contributed by atoms with E-state index in [0.717, 1.165) is 23.0 Å². The Hall–Kier alpha value is -3.31. The number of aliphatic carboxylic acids is 2. The minimum absolute atomic E-state index is 0.0400. The van der Waals surface area contributed by atoms with E-state index in [1.807, 2.05) is 29.2 Å². The summed E-state index contributed by atoms with van der Waals surface area (Å²) < 4.78 is 18.0. The number of amides is 1. The molecule has 0 spiro atoms. The molecule has 0 atom stereocenters. The van der Waals surface area contributed by atoms with E-state index < -0.39 is 17.9 Å². The normalized spacial score (nSPS) is 26.3. The number of furan rings is 1. The van der Waals surface area contributed by atoms with Gasteiger partial charge in [0.25, 0.3) is 5.91 Å². The van der Waals surface area contributed by atoms with Crippen LogP contribution in [0.1, 0.15) is 69.1 Å². The second-order valence-corrected chi connectivity index (χ2v) is 14.5. The lowest BCUT2D eigenvalue weighted by Gasteiger charge is -2.56. The lowest BCUT2D eigenvalue weighted by atomic mass is 9.54. The second-order valence-electron chi connectivity index (χ2n) is 12.9.